The van der Waals surface area contributed by atoms with Crippen molar-refractivity contribution in [1.29, 1.82) is 0 Å². The molecule has 1 unspecified atom stereocenters. The molecule has 0 aromatic heterocycles. The van der Waals surface area contributed by atoms with E-state index in [4.69, 9.17) is 11.6 Å². The highest BCUT2D eigenvalue weighted by molar-refractivity contribution is 6.30. The van der Waals surface area contributed by atoms with Crippen molar-refractivity contribution in [3.05, 3.63) is 70.2 Å². The van der Waals surface area contributed by atoms with Crippen molar-refractivity contribution in [2.24, 2.45) is 0 Å². The Labute approximate surface area is 120 Å². The topological polar surface area (TPSA) is 12.0 Å². The molecule has 100 valence electrons. The van der Waals surface area contributed by atoms with Gasteiger partial charge in [0.2, 0.25) is 0 Å². The smallest absolute Gasteiger partial charge is 0.0409 e. The lowest BCUT2D eigenvalue weighted by Crippen LogP contribution is -2.18. The van der Waals surface area contributed by atoms with E-state index in [1.165, 1.54) is 16.7 Å². The molecule has 0 aliphatic carbocycles. The lowest BCUT2D eigenvalue weighted by atomic mass is 10.0. The molecule has 1 atom stereocenters. The Hall–Kier alpha value is -1.31. The van der Waals surface area contributed by atoms with Crippen LogP contribution in [0.25, 0.3) is 0 Å². The summed E-state index contributed by atoms with van der Waals surface area (Å²) < 4.78 is 0. The zero-order valence-electron chi connectivity index (χ0n) is 11.5. The number of aryl methyl sites for hydroxylation is 1. The maximum atomic E-state index is 6.03. The average Bonchev–Trinajstić information content (AvgIpc) is 2.45. The highest BCUT2D eigenvalue weighted by Gasteiger charge is 2.06. The van der Waals surface area contributed by atoms with Crippen LogP contribution >= 0.6 is 11.6 Å². The molecule has 19 heavy (non-hydrogen) atoms. The quantitative estimate of drug-likeness (QED) is 0.829. The van der Waals surface area contributed by atoms with Crippen LogP contribution in [-0.4, -0.2) is 0 Å². The molecule has 0 amide bonds. The Morgan fingerprint density at radius 1 is 1.05 bits per heavy atom. The van der Waals surface area contributed by atoms with E-state index in [0.29, 0.717) is 6.04 Å². The Balaban J connectivity index is 2.02. The molecule has 0 bridgehead atoms. The molecule has 2 aromatic rings. The molecular formula is C17H20ClN. The molecule has 2 rings (SSSR count). The lowest BCUT2D eigenvalue weighted by Gasteiger charge is -2.16. The number of halogens is 1. The largest absolute Gasteiger partial charge is 0.306 e. The fourth-order valence-electron chi connectivity index (χ4n) is 2.23. The van der Waals surface area contributed by atoms with E-state index in [1.54, 1.807) is 0 Å². The van der Waals surface area contributed by atoms with Gasteiger partial charge in [0, 0.05) is 17.6 Å². The first kappa shape index (κ1) is 14.1. The van der Waals surface area contributed by atoms with Gasteiger partial charge in [0.15, 0.2) is 0 Å². The summed E-state index contributed by atoms with van der Waals surface area (Å²) in [6, 6.07) is 16.9. The highest BCUT2D eigenvalue weighted by Crippen LogP contribution is 2.18. The van der Waals surface area contributed by atoms with Crippen molar-refractivity contribution < 1.29 is 0 Å². The summed E-state index contributed by atoms with van der Waals surface area (Å²) in [5, 5.41) is 4.35. The normalized spacial score (nSPS) is 12.4. The van der Waals surface area contributed by atoms with Gasteiger partial charge in [0.25, 0.3) is 0 Å². The molecule has 2 heteroatoms. The van der Waals surface area contributed by atoms with Crippen LogP contribution in [0, 0.1) is 0 Å². The van der Waals surface area contributed by atoms with E-state index in [9.17, 15) is 0 Å². The van der Waals surface area contributed by atoms with E-state index in [1.807, 2.05) is 18.2 Å². The van der Waals surface area contributed by atoms with Gasteiger partial charge < -0.3 is 5.32 Å². The minimum Gasteiger partial charge on any atom is -0.306 e. The highest BCUT2D eigenvalue weighted by atomic mass is 35.5. The molecule has 0 heterocycles. The Morgan fingerprint density at radius 2 is 1.79 bits per heavy atom. The summed E-state index contributed by atoms with van der Waals surface area (Å²) in [6.07, 6.45) is 1.07. The van der Waals surface area contributed by atoms with Gasteiger partial charge in [-0.15, -0.1) is 0 Å². The standard InChI is InChI=1S/C17H20ClN/c1-3-14-7-4-5-8-16(14)12-19-13(2)15-9-6-10-17(18)11-15/h4-11,13,19H,3,12H2,1-2H3. The first-order chi connectivity index (χ1) is 9.20. The Bertz CT molecular complexity index is 536. The van der Waals surface area contributed by atoms with Crippen LogP contribution in [0.15, 0.2) is 48.5 Å². The summed E-state index contributed by atoms with van der Waals surface area (Å²) >= 11 is 6.03. The molecule has 0 saturated heterocycles. The maximum Gasteiger partial charge on any atom is 0.0409 e. The summed E-state index contributed by atoms with van der Waals surface area (Å²) in [6.45, 7) is 5.25. The molecule has 0 spiro atoms. The van der Waals surface area contributed by atoms with E-state index in [-0.39, 0.29) is 0 Å². The second-order valence-electron chi connectivity index (χ2n) is 4.78. The van der Waals surface area contributed by atoms with Crippen molar-refractivity contribution in [2.75, 3.05) is 0 Å². The summed E-state index contributed by atoms with van der Waals surface area (Å²) in [5.41, 5.74) is 4.01. The second kappa shape index (κ2) is 6.74. The number of hydrogen-bond donors (Lipinski definition) is 1. The fraction of sp³-hybridized carbons (Fsp3) is 0.294. The number of nitrogens with one attached hydrogen (secondary N) is 1. The number of benzene rings is 2. The molecule has 0 radical (unpaired) electrons. The van der Waals surface area contributed by atoms with Crippen LogP contribution in [0.1, 0.15) is 36.6 Å². The summed E-state index contributed by atoms with van der Waals surface area (Å²) in [4.78, 5) is 0. The average molecular weight is 274 g/mol. The lowest BCUT2D eigenvalue weighted by molar-refractivity contribution is 0.572. The predicted octanol–water partition coefficient (Wildman–Crippen LogP) is 4.75. The SMILES string of the molecule is CCc1ccccc1CNC(C)c1cccc(Cl)c1. The van der Waals surface area contributed by atoms with Gasteiger partial charge in [0.1, 0.15) is 0 Å². The second-order valence-corrected chi connectivity index (χ2v) is 5.22. The van der Waals surface area contributed by atoms with E-state index >= 15 is 0 Å². The fourth-order valence-corrected chi connectivity index (χ4v) is 2.43. The monoisotopic (exact) mass is 273 g/mol. The molecule has 0 fully saturated rings. The minimum atomic E-state index is 0.295. The van der Waals surface area contributed by atoms with Gasteiger partial charge in [-0.25, -0.2) is 0 Å². The summed E-state index contributed by atoms with van der Waals surface area (Å²) in [7, 11) is 0. The third-order valence-electron chi connectivity index (χ3n) is 3.45. The molecule has 2 aromatic carbocycles. The third-order valence-corrected chi connectivity index (χ3v) is 3.68. The van der Waals surface area contributed by atoms with Gasteiger partial charge in [-0.05, 0) is 42.2 Å². The van der Waals surface area contributed by atoms with Gasteiger partial charge in [-0.3, -0.25) is 0 Å². The van der Waals surface area contributed by atoms with Crippen molar-refractivity contribution in [3.63, 3.8) is 0 Å². The minimum absolute atomic E-state index is 0.295. The number of hydrogen-bond acceptors (Lipinski definition) is 1. The van der Waals surface area contributed by atoms with Crippen molar-refractivity contribution in [3.8, 4) is 0 Å². The first-order valence-corrected chi connectivity index (χ1v) is 7.14. The molecule has 1 nitrogen and oxygen atoms in total. The van der Waals surface area contributed by atoms with E-state index in [2.05, 4.69) is 49.5 Å². The molecule has 0 aliphatic heterocycles. The summed E-state index contributed by atoms with van der Waals surface area (Å²) in [5.74, 6) is 0. The van der Waals surface area contributed by atoms with Crippen LogP contribution in [0.5, 0.6) is 0 Å². The van der Waals surface area contributed by atoms with Crippen molar-refractivity contribution in [2.45, 2.75) is 32.9 Å². The van der Waals surface area contributed by atoms with Crippen molar-refractivity contribution in [1.82, 2.24) is 5.32 Å². The predicted molar refractivity (Wildman–Crippen MR) is 82.5 cm³/mol. The van der Waals surface area contributed by atoms with Gasteiger partial charge in [-0.2, -0.15) is 0 Å². The van der Waals surface area contributed by atoms with Crippen molar-refractivity contribution >= 4 is 11.6 Å². The zero-order valence-corrected chi connectivity index (χ0v) is 12.2. The number of rotatable bonds is 5. The van der Waals surface area contributed by atoms with Crippen LogP contribution in [0.2, 0.25) is 5.02 Å². The maximum absolute atomic E-state index is 6.03. The first-order valence-electron chi connectivity index (χ1n) is 6.76. The zero-order chi connectivity index (χ0) is 13.7. The van der Waals surface area contributed by atoms with E-state index < -0.39 is 0 Å². The molecular weight excluding hydrogens is 254 g/mol. The molecule has 0 saturated carbocycles. The third kappa shape index (κ3) is 3.82. The van der Waals surface area contributed by atoms with E-state index in [0.717, 1.165) is 18.0 Å². The van der Waals surface area contributed by atoms with Gasteiger partial charge in [0.05, 0.1) is 0 Å². The van der Waals surface area contributed by atoms with Crippen LogP contribution in [0.4, 0.5) is 0 Å². The molecule has 0 aliphatic rings. The van der Waals surface area contributed by atoms with Crippen LogP contribution in [-0.2, 0) is 13.0 Å². The van der Waals surface area contributed by atoms with Crippen LogP contribution < -0.4 is 5.32 Å². The van der Waals surface area contributed by atoms with Crippen LogP contribution in [0.3, 0.4) is 0 Å². The Morgan fingerprint density at radius 3 is 2.47 bits per heavy atom. The Kier molecular flexibility index (Phi) is 5.00. The molecule has 1 N–H and O–H groups in total. The van der Waals surface area contributed by atoms with Gasteiger partial charge in [-0.1, -0.05) is 54.9 Å². The van der Waals surface area contributed by atoms with Gasteiger partial charge >= 0.3 is 0 Å².